The molecule has 3 aromatic carbocycles. The molecule has 190 valence electrons. The van der Waals surface area contributed by atoms with Crippen LogP contribution in [0.4, 0.5) is 4.79 Å². The van der Waals surface area contributed by atoms with Gasteiger partial charge in [0.25, 0.3) is 0 Å². The third-order valence-corrected chi connectivity index (χ3v) is 5.89. The Bertz CT molecular complexity index is 1050. The molecule has 1 aliphatic heterocycles. The van der Waals surface area contributed by atoms with Gasteiger partial charge in [0.05, 0.1) is 19.8 Å². The lowest BCUT2D eigenvalue weighted by Gasteiger charge is -2.44. The van der Waals surface area contributed by atoms with Crippen molar-refractivity contribution in [2.24, 2.45) is 0 Å². The molecule has 8 heteroatoms. The number of nitrogens with one attached hydrogen (secondary N) is 1. The van der Waals surface area contributed by atoms with Crippen LogP contribution in [-0.4, -0.2) is 53.6 Å². The predicted molar refractivity (Wildman–Crippen MR) is 132 cm³/mol. The molecule has 0 saturated carbocycles. The number of rotatable bonds is 10. The van der Waals surface area contributed by atoms with E-state index < -0.39 is 43.3 Å². The number of ether oxygens (including phenoxy) is 4. The van der Waals surface area contributed by atoms with Crippen molar-refractivity contribution >= 4 is 6.09 Å². The molecule has 1 fully saturated rings. The third-order valence-electron chi connectivity index (χ3n) is 5.89. The summed E-state index contributed by atoms with van der Waals surface area (Å²) in [6, 6.07) is 27.4. The van der Waals surface area contributed by atoms with Crippen LogP contribution < -0.4 is 5.32 Å². The smallest absolute Gasteiger partial charge is 0.407 e. The highest BCUT2D eigenvalue weighted by molar-refractivity contribution is 5.67. The van der Waals surface area contributed by atoms with Gasteiger partial charge in [-0.3, -0.25) is 0 Å². The number of alkyl carbamates (subject to hydrolysis) is 1. The van der Waals surface area contributed by atoms with E-state index in [2.05, 4.69) is 5.32 Å². The van der Waals surface area contributed by atoms with Crippen LogP contribution in [-0.2, 0) is 38.8 Å². The van der Waals surface area contributed by atoms with E-state index in [0.29, 0.717) is 0 Å². The number of amides is 1. The molecule has 0 radical (unpaired) electrons. The number of carbonyl (C=O) groups excluding carboxylic acids is 1. The fourth-order valence-electron chi connectivity index (χ4n) is 3.98. The van der Waals surface area contributed by atoms with E-state index >= 15 is 0 Å². The van der Waals surface area contributed by atoms with Gasteiger partial charge in [-0.1, -0.05) is 91.0 Å². The van der Waals surface area contributed by atoms with Crippen LogP contribution in [0.3, 0.4) is 0 Å². The second-order valence-electron chi connectivity index (χ2n) is 8.51. The highest BCUT2D eigenvalue weighted by Gasteiger charge is 2.47. The molecule has 8 nitrogen and oxygen atoms in total. The quantitative estimate of drug-likeness (QED) is 0.398. The van der Waals surface area contributed by atoms with E-state index in [0.717, 1.165) is 16.7 Å². The maximum atomic E-state index is 12.8. The molecular weight excluding hydrogens is 462 g/mol. The number of hydrogen-bond acceptors (Lipinski definition) is 7. The van der Waals surface area contributed by atoms with Gasteiger partial charge in [0.1, 0.15) is 31.0 Å². The molecule has 1 saturated heterocycles. The van der Waals surface area contributed by atoms with Gasteiger partial charge in [-0.15, -0.1) is 0 Å². The average molecular weight is 494 g/mol. The number of hydrogen-bond donors (Lipinski definition) is 3. The fourth-order valence-corrected chi connectivity index (χ4v) is 3.98. The lowest BCUT2D eigenvalue weighted by Crippen LogP contribution is -2.65. The summed E-state index contributed by atoms with van der Waals surface area (Å²) in [7, 11) is 0. The molecule has 0 spiro atoms. The van der Waals surface area contributed by atoms with Gasteiger partial charge < -0.3 is 34.5 Å². The van der Waals surface area contributed by atoms with E-state index in [1.165, 1.54) is 0 Å². The van der Waals surface area contributed by atoms with Crippen LogP contribution in [0.5, 0.6) is 0 Å². The first kappa shape index (κ1) is 25.8. The Labute approximate surface area is 210 Å². The highest BCUT2D eigenvalue weighted by Crippen LogP contribution is 2.26. The Hall–Kier alpha value is -3.27. The standard InChI is InChI=1S/C28H31NO7/c30-16-23-25(31)26(33-17-20-10-4-1-5-11-20)24(27(36-23)34-18-21-12-6-2-7-13-21)29-28(32)35-19-22-14-8-3-9-15-22/h1-15,23-27,30-31H,16-19H2,(H,29,32)/t23-,24-,25-,26-,27+/m1/s1. The molecule has 0 unspecified atom stereocenters. The summed E-state index contributed by atoms with van der Waals surface area (Å²) in [5.41, 5.74) is 2.63. The van der Waals surface area contributed by atoms with Crippen LogP contribution in [0.15, 0.2) is 91.0 Å². The molecule has 36 heavy (non-hydrogen) atoms. The third kappa shape index (κ3) is 7.13. The Balaban J connectivity index is 1.50. The molecule has 3 N–H and O–H groups in total. The molecule has 3 aromatic rings. The largest absolute Gasteiger partial charge is 0.445 e. The van der Waals surface area contributed by atoms with Crippen molar-refractivity contribution < 1.29 is 34.0 Å². The van der Waals surface area contributed by atoms with Crippen molar-refractivity contribution in [2.75, 3.05) is 6.61 Å². The first-order chi connectivity index (χ1) is 17.6. The summed E-state index contributed by atoms with van der Waals surface area (Å²) >= 11 is 0. The molecule has 1 heterocycles. The van der Waals surface area contributed by atoms with Crippen molar-refractivity contribution in [1.82, 2.24) is 5.32 Å². The number of benzene rings is 3. The van der Waals surface area contributed by atoms with E-state index in [9.17, 15) is 15.0 Å². The van der Waals surface area contributed by atoms with Gasteiger partial charge in [-0.2, -0.15) is 0 Å². The van der Waals surface area contributed by atoms with E-state index in [1.807, 2.05) is 91.0 Å². The van der Waals surface area contributed by atoms with Crippen LogP contribution in [0.2, 0.25) is 0 Å². The van der Waals surface area contributed by atoms with Gasteiger partial charge in [0, 0.05) is 0 Å². The summed E-state index contributed by atoms with van der Waals surface area (Å²) in [5.74, 6) is 0. The Kier molecular flexibility index (Phi) is 9.43. The Morgan fingerprint density at radius 1 is 0.778 bits per heavy atom. The Morgan fingerprint density at radius 2 is 1.28 bits per heavy atom. The van der Waals surface area contributed by atoms with Gasteiger partial charge in [0.2, 0.25) is 0 Å². The summed E-state index contributed by atoms with van der Waals surface area (Å²) in [6.07, 6.45) is -4.81. The van der Waals surface area contributed by atoms with Gasteiger partial charge >= 0.3 is 6.09 Å². The average Bonchev–Trinajstić information content (AvgIpc) is 2.93. The molecular formula is C28H31NO7. The first-order valence-electron chi connectivity index (χ1n) is 11.9. The molecule has 0 bridgehead atoms. The fraction of sp³-hybridized carbons (Fsp3) is 0.321. The molecule has 1 amide bonds. The number of aliphatic hydroxyl groups is 2. The number of aliphatic hydroxyl groups excluding tert-OH is 2. The lowest BCUT2D eigenvalue weighted by molar-refractivity contribution is -0.281. The minimum Gasteiger partial charge on any atom is -0.445 e. The molecule has 0 aliphatic carbocycles. The zero-order valence-electron chi connectivity index (χ0n) is 19.8. The second kappa shape index (κ2) is 13.2. The molecule has 5 atom stereocenters. The zero-order chi connectivity index (χ0) is 25.2. The maximum Gasteiger partial charge on any atom is 0.407 e. The number of carbonyl (C=O) groups is 1. The Morgan fingerprint density at radius 3 is 1.81 bits per heavy atom. The van der Waals surface area contributed by atoms with Crippen molar-refractivity contribution in [3.63, 3.8) is 0 Å². The van der Waals surface area contributed by atoms with Crippen LogP contribution in [0, 0.1) is 0 Å². The van der Waals surface area contributed by atoms with Gasteiger partial charge in [-0.05, 0) is 16.7 Å². The monoisotopic (exact) mass is 493 g/mol. The van der Waals surface area contributed by atoms with Gasteiger partial charge in [-0.25, -0.2) is 4.79 Å². The van der Waals surface area contributed by atoms with Crippen LogP contribution in [0.25, 0.3) is 0 Å². The summed E-state index contributed by atoms with van der Waals surface area (Å²) in [5, 5.41) is 23.5. The highest BCUT2D eigenvalue weighted by atomic mass is 16.7. The van der Waals surface area contributed by atoms with Gasteiger partial charge in [0.15, 0.2) is 6.29 Å². The summed E-state index contributed by atoms with van der Waals surface area (Å²) < 4.78 is 23.3. The SMILES string of the molecule is O=C(N[C@H]1[C@@H](OCc2ccccc2)O[C@H](CO)[C@@H](O)[C@@H]1OCc1ccccc1)OCc1ccccc1. The van der Waals surface area contributed by atoms with Crippen LogP contribution in [0.1, 0.15) is 16.7 Å². The second-order valence-corrected chi connectivity index (χ2v) is 8.51. The minimum atomic E-state index is -1.21. The first-order valence-corrected chi connectivity index (χ1v) is 11.9. The normalized spacial score (nSPS) is 23.7. The van der Waals surface area contributed by atoms with Crippen molar-refractivity contribution in [3.8, 4) is 0 Å². The van der Waals surface area contributed by atoms with E-state index in [4.69, 9.17) is 18.9 Å². The summed E-state index contributed by atoms with van der Waals surface area (Å²) in [6.45, 7) is 0.0155. The predicted octanol–water partition coefficient (Wildman–Crippen LogP) is 3.16. The van der Waals surface area contributed by atoms with Crippen molar-refractivity contribution in [2.45, 2.75) is 50.5 Å². The lowest BCUT2D eigenvalue weighted by atomic mass is 9.96. The van der Waals surface area contributed by atoms with E-state index in [1.54, 1.807) is 0 Å². The van der Waals surface area contributed by atoms with Crippen LogP contribution >= 0.6 is 0 Å². The molecule has 1 aliphatic rings. The maximum absolute atomic E-state index is 12.8. The van der Waals surface area contributed by atoms with E-state index in [-0.39, 0.29) is 19.8 Å². The zero-order valence-corrected chi connectivity index (χ0v) is 19.8. The van der Waals surface area contributed by atoms with Crippen molar-refractivity contribution in [1.29, 1.82) is 0 Å². The topological polar surface area (TPSA) is 106 Å². The molecule has 4 rings (SSSR count). The molecule has 0 aromatic heterocycles. The minimum absolute atomic E-state index is 0.0765. The summed E-state index contributed by atoms with van der Waals surface area (Å²) in [4.78, 5) is 12.8. The van der Waals surface area contributed by atoms with Crippen molar-refractivity contribution in [3.05, 3.63) is 108 Å².